The molecule has 2 heterocycles. The molecule has 0 aliphatic carbocycles. The second-order valence-corrected chi connectivity index (χ2v) is 4.92. The van der Waals surface area contributed by atoms with Crippen molar-refractivity contribution in [3.05, 3.63) is 48.1 Å². The van der Waals surface area contributed by atoms with Crippen LogP contribution < -0.4 is 5.32 Å². The van der Waals surface area contributed by atoms with Gasteiger partial charge in [-0.05, 0) is 24.6 Å². The van der Waals surface area contributed by atoms with Crippen LogP contribution in [0.2, 0.25) is 0 Å². The molecule has 8 heteroatoms. The van der Waals surface area contributed by atoms with Crippen LogP contribution in [0.25, 0.3) is 11.1 Å². The van der Waals surface area contributed by atoms with Crippen LogP contribution >= 0.6 is 0 Å². The van der Waals surface area contributed by atoms with Gasteiger partial charge in [-0.1, -0.05) is 12.1 Å². The van der Waals surface area contributed by atoms with E-state index >= 15 is 0 Å². The highest BCUT2D eigenvalue weighted by molar-refractivity contribution is 5.72. The number of para-hydroxylation sites is 2. The number of aromatic nitrogens is 3. The van der Waals surface area contributed by atoms with Gasteiger partial charge in [0.25, 0.3) is 0 Å². The normalized spacial score (nSPS) is 11.8. The van der Waals surface area contributed by atoms with E-state index in [0.29, 0.717) is 17.2 Å². The molecule has 0 atom stereocenters. The zero-order valence-corrected chi connectivity index (χ0v) is 12.0. The fraction of sp³-hybridized carbons (Fsp3) is 0.267. The predicted octanol–water partition coefficient (Wildman–Crippen LogP) is 3.72. The van der Waals surface area contributed by atoms with E-state index in [2.05, 4.69) is 20.3 Å². The lowest BCUT2D eigenvalue weighted by Gasteiger charge is -2.07. The number of hydrogen-bond acceptors (Lipinski definition) is 5. The molecule has 0 spiro atoms. The molecule has 23 heavy (non-hydrogen) atoms. The van der Waals surface area contributed by atoms with Gasteiger partial charge in [0, 0.05) is 18.3 Å². The van der Waals surface area contributed by atoms with Crippen LogP contribution in [0.4, 0.5) is 19.1 Å². The lowest BCUT2D eigenvalue weighted by atomic mass is 10.2. The largest absolute Gasteiger partial charge is 0.439 e. The Morgan fingerprint density at radius 3 is 2.70 bits per heavy atom. The summed E-state index contributed by atoms with van der Waals surface area (Å²) in [6.45, 7) is 0.247. The van der Waals surface area contributed by atoms with Crippen LogP contribution in [-0.2, 0) is 13.0 Å². The summed E-state index contributed by atoms with van der Waals surface area (Å²) in [6, 6.07) is 8.81. The number of benzene rings is 1. The molecular formula is C15H13F3N4O. The zero-order chi connectivity index (χ0) is 16.3. The predicted molar refractivity (Wildman–Crippen MR) is 77.7 cm³/mol. The zero-order valence-electron chi connectivity index (χ0n) is 12.0. The highest BCUT2D eigenvalue weighted by Crippen LogP contribution is 2.21. The molecule has 0 saturated heterocycles. The van der Waals surface area contributed by atoms with Gasteiger partial charge in [0.1, 0.15) is 5.52 Å². The Morgan fingerprint density at radius 1 is 1.09 bits per heavy atom. The molecule has 0 amide bonds. The van der Waals surface area contributed by atoms with E-state index in [1.165, 1.54) is 12.3 Å². The van der Waals surface area contributed by atoms with Crippen LogP contribution in [0.3, 0.4) is 0 Å². The summed E-state index contributed by atoms with van der Waals surface area (Å²) >= 11 is 0. The van der Waals surface area contributed by atoms with E-state index in [9.17, 15) is 13.2 Å². The van der Waals surface area contributed by atoms with E-state index in [-0.39, 0.29) is 18.9 Å². The van der Waals surface area contributed by atoms with Crippen molar-refractivity contribution in [3.8, 4) is 0 Å². The van der Waals surface area contributed by atoms with E-state index in [0.717, 1.165) is 5.52 Å². The number of hydrogen-bond donors (Lipinski definition) is 1. The quantitative estimate of drug-likeness (QED) is 0.775. The smallest absolute Gasteiger partial charge is 0.389 e. The third-order valence-electron chi connectivity index (χ3n) is 3.11. The third-order valence-corrected chi connectivity index (χ3v) is 3.11. The first-order valence-corrected chi connectivity index (χ1v) is 6.97. The first-order valence-electron chi connectivity index (χ1n) is 6.97. The summed E-state index contributed by atoms with van der Waals surface area (Å²) < 4.78 is 42.2. The van der Waals surface area contributed by atoms with Crippen molar-refractivity contribution in [2.45, 2.75) is 25.6 Å². The second-order valence-electron chi connectivity index (χ2n) is 4.92. The van der Waals surface area contributed by atoms with Gasteiger partial charge in [-0.2, -0.15) is 13.2 Å². The minimum absolute atomic E-state index is 0.177. The summed E-state index contributed by atoms with van der Waals surface area (Å²) in [5.74, 6) is 0.697. The van der Waals surface area contributed by atoms with Gasteiger partial charge in [0.15, 0.2) is 5.58 Å². The van der Waals surface area contributed by atoms with Crippen LogP contribution in [0, 0.1) is 0 Å². The molecule has 0 unspecified atom stereocenters. The Kier molecular flexibility index (Phi) is 4.14. The number of nitrogens with zero attached hydrogens (tertiary/aromatic N) is 3. The molecule has 1 aromatic carbocycles. The van der Waals surface area contributed by atoms with Gasteiger partial charge in [-0.15, -0.1) is 0 Å². The highest BCUT2D eigenvalue weighted by Gasteiger charge is 2.26. The number of rotatable bonds is 5. The monoisotopic (exact) mass is 322 g/mol. The second kappa shape index (κ2) is 6.23. The Labute approximate surface area is 129 Å². The molecule has 0 bridgehead atoms. The maximum absolute atomic E-state index is 12.2. The number of aryl methyl sites for hydroxylation is 1. The summed E-state index contributed by atoms with van der Waals surface area (Å²) in [5.41, 5.74) is 1.74. The Hall–Kier alpha value is -2.64. The molecule has 3 aromatic rings. The molecule has 0 aliphatic heterocycles. The lowest BCUT2D eigenvalue weighted by molar-refractivity contribution is -0.134. The Balaban J connectivity index is 1.63. The maximum Gasteiger partial charge on any atom is 0.389 e. The molecule has 0 aliphatic rings. The molecule has 120 valence electrons. The van der Waals surface area contributed by atoms with Crippen LogP contribution in [0.1, 0.15) is 18.0 Å². The number of fused-ring (bicyclic) bond motifs is 1. The number of anilines is 1. The van der Waals surface area contributed by atoms with Gasteiger partial charge >= 0.3 is 6.18 Å². The molecule has 1 N–H and O–H groups in total. The van der Waals surface area contributed by atoms with Gasteiger partial charge in [-0.25, -0.2) is 15.0 Å². The average molecular weight is 322 g/mol. The lowest BCUT2D eigenvalue weighted by Crippen LogP contribution is -2.10. The average Bonchev–Trinajstić information content (AvgIpc) is 2.94. The van der Waals surface area contributed by atoms with E-state index < -0.39 is 12.6 Å². The summed E-state index contributed by atoms with van der Waals surface area (Å²) in [6.07, 6.45) is -3.86. The summed E-state index contributed by atoms with van der Waals surface area (Å²) in [7, 11) is 0. The van der Waals surface area contributed by atoms with Gasteiger partial charge in [-0.3, -0.25) is 0 Å². The number of halogens is 3. The molecule has 0 saturated carbocycles. The van der Waals surface area contributed by atoms with Crippen LogP contribution in [-0.4, -0.2) is 21.1 Å². The molecule has 2 aromatic heterocycles. The van der Waals surface area contributed by atoms with Crippen molar-refractivity contribution < 1.29 is 17.6 Å². The molecule has 0 fully saturated rings. The SMILES string of the molecule is FC(F)(F)CCc1ccnc(NCc2nc3ccccc3o2)n1. The molecular weight excluding hydrogens is 309 g/mol. The van der Waals surface area contributed by atoms with Crippen molar-refractivity contribution in [1.82, 2.24) is 15.0 Å². The van der Waals surface area contributed by atoms with Crippen molar-refractivity contribution in [2.75, 3.05) is 5.32 Å². The number of alkyl halides is 3. The van der Waals surface area contributed by atoms with Crippen molar-refractivity contribution in [3.63, 3.8) is 0 Å². The topological polar surface area (TPSA) is 63.8 Å². The van der Waals surface area contributed by atoms with Crippen LogP contribution in [0.15, 0.2) is 40.9 Å². The molecule has 0 radical (unpaired) electrons. The first kappa shape index (κ1) is 15.3. The number of oxazole rings is 1. The fourth-order valence-electron chi connectivity index (χ4n) is 2.04. The van der Waals surface area contributed by atoms with Crippen LogP contribution in [0.5, 0.6) is 0 Å². The van der Waals surface area contributed by atoms with Crippen molar-refractivity contribution >= 4 is 17.0 Å². The van der Waals surface area contributed by atoms with E-state index in [4.69, 9.17) is 4.42 Å². The third kappa shape index (κ3) is 4.18. The Bertz CT molecular complexity index is 768. The highest BCUT2D eigenvalue weighted by atomic mass is 19.4. The summed E-state index contributed by atoms with van der Waals surface area (Å²) in [5, 5.41) is 2.90. The van der Waals surface area contributed by atoms with E-state index in [1.807, 2.05) is 18.2 Å². The molecule has 5 nitrogen and oxygen atoms in total. The molecule has 3 rings (SSSR count). The van der Waals surface area contributed by atoms with Gasteiger partial charge in [0.05, 0.1) is 6.54 Å². The standard InChI is InChI=1S/C15H13F3N4O/c16-15(17,18)7-5-10-6-8-19-14(21-10)20-9-13-22-11-3-1-2-4-12(11)23-13/h1-4,6,8H,5,7,9H2,(H,19,20,21). The minimum Gasteiger partial charge on any atom is -0.439 e. The maximum atomic E-state index is 12.2. The van der Waals surface area contributed by atoms with Crippen molar-refractivity contribution in [1.29, 1.82) is 0 Å². The first-order chi connectivity index (χ1) is 11.0. The van der Waals surface area contributed by atoms with Crippen molar-refractivity contribution in [2.24, 2.45) is 0 Å². The number of nitrogens with one attached hydrogen (secondary N) is 1. The van der Waals surface area contributed by atoms with Gasteiger partial charge in [0.2, 0.25) is 11.8 Å². The Morgan fingerprint density at radius 2 is 1.91 bits per heavy atom. The van der Waals surface area contributed by atoms with Gasteiger partial charge < -0.3 is 9.73 Å². The summed E-state index contributed by atoms with van der Waals surface area (Å²) in [4.78, 5) is 12.3. The fourth-order valence-corrected chi connectivity index (χ4v) is 2.04. The minimum atomic E-state index is -4.20. The van der Waals surface area contributed by atoms with E-state index in [1.54, 1.807) is 6.07 Å².